The van der Waals surface area contributed by atoms with Crippen LogP contribution in [0.3, 0.4) is 0 Å². The normalized spacial score (nSPS) is 10.6. The Morgan fingerprint density at radius 3 is 2.64 bits per heavy atom. The molecule has 4 N–H and O–H groups in total. The number of hydrogen-bond donors (Lipinski definition) is 2. The molecule has 14 heavy (non-hydrogen) atoms. The minimum Gasteiger partial charge on any atom is -0.481 e. The molecule has 1 aromatic heterocycles. The van der Waals surface area contributed by atoms with Gasteiger partial charge in [-0.15, -0.1) is 0 Å². The van der Waals surface area contributed by atoms with E-state index >= 15 is 0 Å². The summed E-state index contributed by atoms with van der Waals surface area (Å²) in [6.45, 7) is 0.0164. The highest BCUT2D eigenvalue weighted by molar-refractivity contribution is 5.57. The molecule has 0 fully saturated rings. The molecule has 78 valence electrons. The second-order valence-electron chi connectivity index (χ2n) is 2.62. The Kier molecular flexibility index (Phi) is 3.19. The number of pyridine rings is 1. The van der Waals surface area contributed by atoms with Crippen molar-refractivity contribution in [3.8, 4) is 5.88 Å². The molecule has 0 saturated carbocycles. The molecule has 4 nitrogen and oxygen atoms in total. The molecule has 0 aliphatic rings. The molecule has 0 spiro atoms. The number of rotatable bonds is 3. The molecule has 0 aliphatic carbocycles. The lowest BCUT2D eigenvalue weighted by Crippen LogP contribution is -2.08. The van der Waals surface area contributed by atoms with E-state index in [1.165, 1.54) is 7.11 Å². The zero-order valence-electron chi connectivity index (χ0n) is 7.63. The van der Waals surface area contributed by atoms with Gasteiger partial charge in [0.2, 0.25) is 5.88 Å². The van der Waals surface area contributed by atoms with Gasteiger partial charge < -0.3 is 16.2 Å². The molecule has 6 heteroatoms. The fraction of sp³-hybridized carbons (Fsp3) is 0.375. The summed E-state index contributed by atoms with van der Waals surface area (Å²) in [7, 11) is 1.38. The third-order valence-electron chi connectivity index (χ3n) is 1.85. The van der Waals surface area contributed by atoms with E-state index in [9.17, 15) is 8.78 Å². The molecule has 1 rings (SSSR count). The first-order valence-electron chi connectivity index (χ1n) is 3.91. The topological polar surface area (TPSA) is 74.2 Å². The number of ether oxygens (including phenoxy) is 1. The van der Waals surface area contributed by atoms with Gasteiger partial charge in [0.1, 0.15) is 0 Å². The third-order valence-corrected chi connectivity index (χ3v) is 1.85. The predicted molar refractivity (Wildman–Crippen MR) is 48.0 cm³/mol. The monoisotopic (exact) mass is 203 g/mol. The molecule has 0 unspecified atom stereocenters. The minimum absolute atomic E-state index is 0.0164. The van der Waals surface area contributed by atoms with Crippen LogP contribution in [-0.4, -0.2) is 12.1 Å². The van der Waals surface area contributed by atoms with Gasteiger partial charge in [-0.3, -0.25) is 0 Å². The number of nitrogens with two attached hydrogens (primary N) is 2. The smallest absolute Gasteiger partial charge is 0.267 e. The Labute approximate surface area is 79.9 Å². The summed E-state index contributed by atoms with van der Waals surface area (Å²) in [4.78, 5) is 3.69. The summed E-state index contributed by atoms with van der Waals surface area (Å²) in [6, 6.07) is 0. The molecule has 0 aliphatic heterocycles. The van der Waals surface area contributed by atoms with E-state index in [0.29, 0.717) is 5.56 Å². The standard InChI is InChI=1S/C8H11F2N3O/c1-14-8-4(2-11)6(12)5(3-13-8)7(9)10/h3,7H,2,11H2,1H3,(H2,12,13). The summed E-state index contributed by atoms with van der Waals surface area (Å²) in [6.07, 6.45) is -1.66. The second-order valence-corrected chi connectivity index (χ2v) is 2.62. The number of halogens is 2. The quantitative estimate of drug-likeness (QED) is 0.770. The van der Waals surface area contributed by atoms with Crippen LogP contribution in [0.5, 0.6) is 5.88 Å². The largest absolute Gasteiger partial charge is 0.481 e. The molecule has 0 radical (unpaired) electrons. The van der Waals surface area contributed by atoms with Crippen LogP contribution in [0.1, 0.15) is 17.6 Å². The van der Waals surface area contributed by atoms with Crippen LogP contribution < -0.4 is 16.2 Å². The van der Waals surface area contributed by atoms with Crippen molar-refractivity contribution in [1.29, 1.82) is 0 Å². The van der Waals surface area contributed by atoms with Gasteiger partial charge in [0, 0.05) is 12.7 Å². The lowest BCUT2D eigenvalue weighted by atomic mass is 10.1. The number of hydrogen-bond acceptors (Lipinski definition) is 4. The van der Waals surface area contributed by atoms with Crippen molar-refractivity contribution in [3.05, 3.63) is 17.3 Å². The summed E-state index contributed by atoms with van der Waals surface area (Å²) in [5.74, 6) is 0.189. The van der Waals surface area contributed by atoms with Crippen molar-refractivity contribution < 1.29 is 13.5 Å². The first kappa shape index (κ1) is 10.6. The average Bonchev–Trinajstić information content (AvgIpc) is 2.16. The zero-order chi connectivity index (χ0) is 10.7. The lowest BCUT2D eigenvalue weighted by Gasteiger charge is -2.11. The number of aromatic nitrogens is 1. The Morgan fingerprint density at radius 2 is 2.21 bits per heavy atom. The fourth-order valence-electron chi connectivity index (χ4n) is 1.11. The van der Waals surface area contributed by atoms with Crippen molar-refractivity contribution in [2.45, 2.75) is 13.0 Å². The molecule has 0 amide bonds. The van der Waals surface area contributed by atoms with E-state index in [2.05, 4.69) is 4.98 Å². The SMILES string of the molecule is COc1ncc(C(F)F)c(N)c1CN. The predicted octanol–water partition coefficient (Wildman–Crippen LogP) is 1.07. The molecule has 0 bridgehead atoms. The van der Waals surface area contributed by atoms with E-state index in [-0.39, 0.29) is 23.7 Å². The van der Waals surface area contributed by atoms with Gasteiger partial charge in [0.05, 0.1) is 23.9 Å². The maximum absolute atomic E-state index is 12.4. The van der Waals surface area contributed by atoms with Crippen molar-refractivity contribution in [3.63, 3.8) is 0 Å². The van der Waals surface area contributed by atoms with Crippen LogP contribution >= 0.6 is 0 Å². The first-order valence-corrected chi connectivity index (χ1v) is 3.91. The molecular formula is C8H11F2N3O. The number of methoxy groups -OCH3 is 1. The molecule has 1 aromatic rings. The van der Waals surface area contributed by atoms with Crippen LogP contribution in [0.25, 0.3) is 0 Å². The molecule has 0 aromatic carbocycles. The van der Waals surface area contributed by atoms with E-state index in [1.807, 2.05) is 0 Å². The van der Waals surface area contributed by atoms with Gasteiger partial charge in [-0.05, 0) is 0 Å². The lowest BCUT2D eigenvalue weighted by molar-refractivity contribution is 0.151. The Morgan fingerprint density at radius 1 is 1.57 bits per heavy atom. The van der Waals surface area contributed by atoms with Gasteiger partial charge >= 0.3 is 0 Å². The van der Waals surface area contributed by atoms with Crippen molar-refractivity contribution in [2.24, 2.45) is 5.73 Å². The Balaban J connectivity index is 3.27. The van der Waals surface area contributed by atoms with E-state index in [1.54, 1.807) is 0 Å². The highest BCUT2D eigenvalue weighted by Crippen LogP contribution is 2.30. The van der Waals surface area contributed by atoms with E-state index in [0.717, 1.165) is 6.20 Å². The third kappa shape index (κ3) is 1.74. The maximum atomic E-state index is 12.4. The Bertz CT molecular complexity index is 331. The van der Waals surface area contributed by atoms with Gasteiger partial charge in [-0.25, -0.2) is 13.8 Å². The van der Waals surface area contributed by atoms with Gasteiger partial charge in [-0.1, -0.05) is 0 Å². The van der Waals surface area contributed by atoms with Crippen LogP contribution in [-0.2, 0) is 6.54 Å². The summed E-state index contributed by atoms with van der Waals surface area (Å²) in [5, 5.41) is 0. The van der Waals surface area contributed by atoms with Crippen LogP contribution in [0.2, 0.25) is 0 Å². The summed E-state index contributed by atoms with van der Waals surface area (Å²) < 4.78 is 29.6. The average molecular weight is 203 g/mol. The van der Waals surface area contributed by atoms with Crippen molar-refractivity contribution >= 4 is 5.69 Å². The highest BCUT2D eigenvalue weighted by Gasteiger charge is 2.17. The molecular weight excluding hydrogens is 192 g/mol. The Hall–Kier alpha value is -1.43. The zero-order valence-corrected chi connectivity index (χ0v) is 7.63. The molecule has 0 atom stereocenters. The highest BCUT2D eigenvalue weighted by atomic mass is 19.3. The fourth-order valence-corrected chi connectivity index (χ4v) is 1.11. The minimum atomic E-state index is -2.65. The number of alkyl halides is 2. The van der Waals surface area contributed by atoms with Crippen molar-refractivity contribution in [1.82, 2.24) is 4.98 Å². The van der Waals surface area contributed by atoms with Crippen LogP contribution in [0, 0.1) is 0 Å². The molecule has 1 heterocycles. The summed E-state index contributed by atoms with van der Waals surface area (Å²) >= 11 is 0. The van der Waals surface area contributed by atoms with Crippen LogP contribution in [0.15, 0.2) is 6.20 Å². The van der Waals surface area contributed by atoms with E-state index in [4.69, 9.17) is 16.2 Å². The van der Waals surface area contributed by atoms with E-state index < -0.39 is 6.43 Å². The van der Waals surface area contributed by atoms with Gasteiger partial charge in [0.15, 0.2) is 0 Å². The number of nitrogens with zero attached hydrogens (tertiary/aromatic N) is 1. The summed E-state index contributed by atoms with van der Waals surface area (Å²) in [5.41, 5.74) is 10.8. The number of nitrogen functional groups attached to an aromatic ring is 1. The van der Waals surface area contributed by atoms with Gasteiger partial charge in [-0.2, -0.15) is 0 Å². The van der Waals surface area contributed by atoms with Crippen LogP contribution in [0.4, 0.5) is 14.5 Å². The second kappa shape index (κ2) is 4.19. The van der Waals surface area contributed by atoms with Crippen molar-refractivity contribution in [2.75, 3.05) is 12.8 Å². The maximum Gasteiger partial charge on any atom is 0.267 e. The first-order chi connectivity index (χ1) is 6.61. The molecule has 0 saturated heterocycles. The van der Waals surface area contributed by atoms with Gasteiger partial charge in [0.25, 0.3) is 6.43 Å². The number of anilines is 1.